The minimum Gasteiger partial charge on any atom is -0.407 e. The van der Waals surface area contributed by atoms with Crippen LogP contribution in [0, 0.1) is 0 Å². The van der Waals surface area contributed by atoms with Gasteiger partial charge in [-0.25, -0.2) is 0 Å². The Kier molecular flexibility index (Phi) is 4.40. The fourth-order valence-corrected chi connectivity index (χ4v) is 3.22. The lowest BCUT2D eigenvalue weighted by Gasteiger charge is -2.21. The van der Waals surface area contributed by atoms with Crippen LogP contribution in [0.2, 0.25) is 0 Å². The summed E-state index contributed by atoms with van der Waals surface area (Å²) in [6, 6.07) is 0.527. The summed E-state index contributed by atoms with van der Waals surface area (Å²) in [7, 11) is 0. The molecule has 0 spiro atoms. The molecule has 5 nitrogen and oxygen atoms in total. The van der Waals surface area contributed by atoms with Crippen molar-refractivity contribution in [1.82, 2.24) is 15.5 Å². The van der Waals surface area contributed by atoms with Gasteiger partial charge in [0.15, 0.2) is 0 Å². The Morgan fingerprint density at radius 2 is 2.16 bits per heavy atom. The Labute approximate surface area is 119 Å². The molecule has 108 valence electrons. The average Bonchev–Trinajstić information content (AvgIpc) is 2.93. The van der Waals surface area contributed by atoms with E-state index in [1.807, 2.05) is 11.8 Å². The minimum absolute atomic E-state index is 0.0516. The second kappa shape index (κ2) is 5.71. The van der Waals surface area contributed by atoms with Crippen LogP contribution in [0.25, 0.3) is 0 Å². The highest BCUT2D eigenvalue weighted by Crippen LogP contribution is 2.37. The monoisotopic (exact) mass is 284 g/mol. The zero-order chi connectivity index (χ0) is 13.9. The number of nitrogens with zero attached hydrogens (tertiary/aromatic N) is 2. The summed E-state index contributed by atoms with van der Waals surface area (Å²) in [5.74, 6) is 1.88. The van der Waals surface area contributed by atoms with E-state index in [2.05, 4.69) is 48.5 Å². The van der Waals surface area contributed by atoms with Gasteiger partial charge in [-0.1, -0.05) is 5.10 Å². The van der Waals surface area contributed by atoms with Gasteiger partial charge in [-0.05, 0) is 46.3 Å². The average molecular weight is 284 g/mol. The lowest BCUT2D eigenvalue weighted by molar-refractivity contribution is 0.383. The van der Waals surface area contributed by atoms with Crippen LogP contribution in [0.15, 0.2) is 4.42 Å². The zero-order valence-electron chi connectivity index (χ0n) is 12.2. The van der Waals surface area contributed by atoms with E-state index >= 15 is 0 Å². The Balaban J connectivity index is 1.80. The van der Waals surface area contributed by atoms with Gasteiger partial charge in [-0.3, -0.25) is 0 Å². The fraction of sp³-hybridized carbons (Fsp3) is 0.846. The minimum atomic E-state index is 0.0516. The maximum Gasteiger partial charge on any atom is 0.315 e. The van der Waals surface area contributed by atoms with Gasteiger partial charge in [-0.2, -0.15) is 11.8 Å². The molecule has 0 bridgehead atoms. The molecule has 0 amide bonds. The van der Waals surface area contributed by atoms with Gasteiger partial charge < -0.3 is 15.1 Å². The summed E-state index contributed by atoms with van der Waals surface area (Å²) >= 11 is 2.02. The molecule has 0 aliphatic carbocycles. The molecule has 0 radical (unpaired) electrons. The largest absolute Gasteiger partial charge is 0.407 e. The number of aromatic nitrogens is 2. The van der Waals surface area contributed by atoms with Crippen LogP contribution in [0.4, 0.5) is 6.01 Å². The lowest BCUT2D eigenvalue weighted by Crippen LogP contribution is -2.35. The first-order valence-corrected chi connectivity index (χ1v) is 7.80. The molecule has 2 heterocycles. The van der Waals surface area contributed by atoms with Crippen molar-refractivity contribution in [1.29, 1.82) is 0 Å². The molecule has 2 N–H and O–H groups in total. The van der Waals surface area contributed by atoms with Crippen LogP contribution in [0.5, 0.6) is 0 Å². The van der Waals surface area contributed by atoms with E-state index in [1.54, 1.807) is 0 Å². The molecule has 6 heteroatoms. The normalized spacial score (nSPS) is 23.8. The number of anilines is 1. The summed E-state index contributed by atoms with van der Waals surface area (Å²) in [5, 5.41) is 14.7. The second-order valence-electron chi connectivity index (χ2n) is 6.36. The Bertz CT molecular complexity index is 407. The lowest BCUT2D eigenvalue weighted by atomic mass is 10.1. The topological polar surface area (TPSA) is 63.0 Å². The molecular formula is C13H24N4OS. The molecule has 1 atom stereocenters. The van der Waals surface area contributed by atoms with Crippen molar-refractivity contribution < 1.29 is 4.42 Å². The third-order valence-corrected chi connectivity index (χ3v) is 4.69. The molecule has 1 unspecified atom stereocenters. The van der Waals surface area contributed by atoms with Crippen molar-refractivity contribution in [3.63, 3.8) is 0 Å². The maximum atomic E-state index is 5.58. The first-order valence-electron chi connectivity index (χ1n) is 6.82. The van der Waals surface area contributed by atoms with E-state index in [-0.39, 0.29) is 5.54 Å². The highest BCUT2D eigenvalue weighted by molar-refractivity contribution is 8.00. The molecule has 1 aromatic rings. The molecule has 1 saturated heterocycles. The first kappa shape index (κ1) is 14.7. The highest BCUT2D eigenvalue weighted by Gasteiger charge is 2.29. The maximum absolute atomic E-state index is 5.58. The van der Waals surface area contributed by atoms with Crippen molar-refractivity contribution >= 4 is 17.8 Å². The third kappa shape index (κ3) is 4.69. The molecule has 19 heavy (non-hydrogen) atoms. The van der Waals surface area contributed by atoms with Crippen molar-refractivity contribution in [3.8, 4) is 0 Å². The van der Waals surface area contributed by atoms with Gasteiger partial charge in [-0.15, -0.1) is 5.10 Å². The number of hydrogen-bond donors (Lipinski definition) is 2. The molecule has 1 fully saturated rings. The van der Waals surface area contributed by atoms with Crippen LogP contribution in [-0.2, 0) is 6.54 Å². The fourth-order valence-electron chi connectivity index (χ4n) is 1.98. The quantitative estimate of drug-likeness (QED) is 0.866. The second-order valence-corrected chi connectivity index (χ2v) is 8.04. The van der Waals surface area contributed by atoms with Gasteiger partial charge in [0.2, 0.25) is 5.89 Å². The van der Waals surface area contributed by atoms with E-state index < -0.39 is 0 Å². The SMILES string of the molecule is CC(C)(C)NCc1nnc(NCC2(C)CCCS2)o1. The highest BCUT2D eigenvalue weighted by atomic mass is 32.2. The van der Waals surface area contributed by atoms with E-state index in [1.165, 1.54) is 18.6 Å². The van der Waals surface area contributed by atoms with E-state index in [4.69, 9.17) is 4.42 Å². The van der Waals surface area contributed by atoms with Crippen molar-refractivity contribution in [3.05, 3.63) is 5.89 Å². The summed E-state index contributed by atoms with van der Waals surface area (Å²) in [6.07, 6.45) is 2.55. The van der Waals surface area contributed by atoms with Crippen LogP contribution >= 0.6 is 11.8 Å². The van der Waals surface area contributed by atoms with Crippen LogP contribution in [0.1, 0.15) is 46.4 Å². The summed E-state index contributed by atoms with van der Waals surface area (Å²) < 4.78 is 5.88. The zero-order valence-corrected chi connectivity index (χ0v) is 13.1. The van der Waals surface area contributed by atoms with E-state index in [9.17, 15) is 0 Å². The number of hydrogen-bond acceptors (Lipinski definition) is 6. The van der Waals surface area contributed by atoms with Gasteiger partial charge in [0.05, 0.1) is 6.54 Å². The Morgan fingerprint density at radius 1 is 1.37 bits per heavy atom. The predicted molar refractivity (Wildman–Crippen MR) is 79.5 cm³/mol. The van der Waals surface area contributed by atoms with Crippen molar-refractivity contribution in [2.24, 2.45) is 0 Å². The Morgan fingerprint density at radius 3 is 2.79 bits per heavy atom. The Hall–Kier alpha value is -0.750. The number of nitrogens with one attached hydrogen (secondary N) is 2. The smallest absolute Gasteiger partial charge is 0.315 e. The predicted octanol–water partition coefficient (Wildman–Crippen LogP) is 2.66. The molecule has 0 saturated carbocycles. The third-order valence-electron chi connectivity index (χ3n) is 3.15. The molecule has 1 aliphatic rings. The van der Waals surface area contributed by atoms with Crippen LogP contribution in [-0.4, -0.2) is 32.8 Å². The number of rotatable bonds is 5. The summed E-state index contributed by atoms with van der Waals surface area (Å²) in [6.45, 7) is 10.1. The molecule has 2 rings (SSSR count). The first-order chi connectivity index (χ1) is 8.86. The van der Waals surface area contributed by atoms with Crippen LogP contribution in [0.3, 0.4) is 0 Å². The standard InChI is InChI=1S/C13H24N4OS/c1-12(2,3)15-8-10-16-17-11(18-10)14-9-13(4)6-5-7-19-13/h15H,5-9H2,1-4H3,(H,14,17). The van der Waals surface area contributed by atoms with Gasteiger partial charge >= 0.3 is 6.01 Å². The van der Waals surface area contributed by atoms with Crippen molar-refractivity contribution in [2.75, 3.05) is 17.6 Å². The summed E-state index contributed by atoms with van der Waals surface area (Å²) in [5.41, 5.74) is 0.0516. The molecule has 1 aromatic heterocycles. The van der Waals surface area contributed by atoms with E-state index in [0.717, 1.165) is 6.54 Å². The van der Waals surface area contributed by atoms with Crippen LogP contribution < -0.4 is 10.6 Å². The van der Waals surface area contributed by atoms with E-state index in [0.29, 0.717) is 23.2 Å². The summed E-state index contributed by atoms with van der Waals surface area (Å²) in [4.78, 5) is 0. The van der Waals surface area contributed by atoms with Gasteiger partial charge in [0.25, 0.3) is 0 Å². The van der Waals surface area contributed by atoms with Crippen molar-refractivity contribution in [2.45, 2.75) is 57.4 Å². The van der Waals surface area contributed by atoms with Gasteiger partial charge in [0, 0.05) is 16.8 Å². The molecule has 0 aromatic carbocycles. The van der Waals surface area contributed by atoms with Gasteiger partial charge in [0.1, 0.15) is 0 Å². The number of thioether (sulfide) groups is 1. The molecular weight excluding hydrogens is 260 g/mol. The molecule has 1 aliphatic heterocycles.